The van der Waals surface area contributed by atoms with E-state index in [1.165, 1.54) is 0 Å². The Balaban J connectivity index is 2.22. The first-order valence-corrected chi connectivity index (χ1v) is 15.9. The van der Waals surface area contributed by atoms with Crippen LogP contribution in [0.1, 0.15) is 48.0 Å². The Bertz CT molecular complexity index is 584. The largest absolute Gasteiger partial charge is 0.519 e. The molecule has 0 saturated heterocycles. The van der Waals surface area contributed by atoms with Gasteiger partial charge in [0.2, 0.25) is 0 Å². The van der Waals surface area contributed by atoms with Crippen molar-refractivity contribution in [1.82, 2.24) is 0 Å². The Kier molecular flexibility index (Phi) is 5.70. The van der Waals surface area contributed by atoms with E-state index in [4.69, 9.17) is 8.85 Å². The first kappa shape index (κ1) is 22.4. The average molecular weight is 411 g/mol. The van der Waals surface area contributed by atoms with Crippen molar-refractivity contribution >= 4 is 28.6 Å². The summed E-state index contributed by atoms with van der Waals surface area (Å²) < 4.78 is 12.2. The highest BCUT2D eigenvalue weighted by molar-refractivity contribution is 6.76. The van der Waals surface area contributed by atoms with E-state index in [1.54, 1.807) is 0 Å². The van der Waals surface area contributed by atoms with Crippen molar-refractivity contribution in [3.05, 3.63) is 12.2 Å². The summed E-state index contributed by atoms with van der Waals surface area (Å²) in [5, 5.41) is -0.0967. The van der Waals surface area contributed by atoms with E-state index in [9.17, 15) is 9.59 Å². The predicted octanol–water partition coefficient (Wildman–Crippen LogP) is 5.52. The zero-order valence-corrected chi connectivity index (χ0v) is 20.8. The molecule has 27 heavy (non-hydrogen) atoms. The molecule has 0 radical (unpaired) electrons. The summed E-state index contributed by atoms with van der Waals surface area (Å²) in [6, 6.07) is 0. The molecule has 0 aromatic heterocycles. The van der Waals surface area contributed by atoms with Crippen molar-refractivity contribution in [3.8, 4) is 0 Å². The molecule has 0 N–H and O–H groups in total. The Morgan fingerprint density at radius 2 is 1.04 bits per heavy atom. The molecule has 6 heteroatoms. The maximum absolute atomic E-state index is 13.2. The van der Waals surface area contributed by atoms with Crippen LogP contribution < -0.4 is 0 Å². The zero-order valence-electron chi connectivity index (χ0n) is 18.8. The second-order valence-electron chi connectivity index (χ2n) is 11.4. The molecule has 2 rings (SSSR count). The van der Waals surface area contributed by atoms with E-state index in [0.717, 1.165) is 6.42 Å². The highest BCUT2D eigenvalue weighted by atomic mass is 28.4. The van der Waals surface area contributed by atoms with E-state index in [0.29, 0.717) is 0 Å². The Labute approximate surface area is 167 Å². The van der Waals surface area contributed by atoms with Crippen molar-refractivity contribution < 1.29 is 18.4 Å². The molecule has 0 aromatic rings. The molecule has 4 nitrogen and oxygen atoms in total. The smallest absolute Gasteiger partial charge is 0.297 e. The third kappa shape index (κ3) is 4.26. The first-order chi connectivity index (χ1) is 12.0. The van der Waals surface area contributed by atoms with Crippen LogP contribution in [0.2, 0.25) is 36.3 Å². The summed E-state index contributed by atoms with van der Waals surface area (Å²) in [7, 11) is -4.44. The van der Waals surface area contributed by atoms with E-state index >= 15 is 0 Å². The topological polar surface area (TPSA) is 52.6 Å². The lowest BCUT2D eigenvalue weighted by atomic mass is 9.83. The molecule has 0 heterocycles. The summed E-state index contributed by atoms with van der Waals surface area (Å²) in [5.74, 6) is -0.988. The molecule has 0 amide bonds. The van der Waals surface area contributed by atoms with Gasteiger partial charge in [-0.1, -0.05) is 53.7 Å². The average Bonchev–Trinajstić information content (AvgIpc) is 3.03. The summed E-state index contributed by atoms with van der Waals surface area (Å²) in [6.45, 7) is 21.0. The normalized spacial score (nSPS) is 28.4. The summed E-state index contributed by atoms with van der Waals surface area (Å²) in [6.07, 6.45) is 5.05. The highest BCUT2D eigenvalue weighted by Crippen LogP contribution is 2.51. The van der Waals surface area contributed by atoms with E-state index in [-0.39, 0.29) is 33.9 Å². The van der Waals surface area contributed by atoms with Crippen LogP contribution in [0.3, 0.4) is 0 Å². The molecule has 4 unspecified atom stereocenters. The van der Waals surface area contributed by atoms with Crippen LogP contribution in [0, 0.1) is 23.7 Å². The first-order valence-electron chi connectivity index (χ1n) is 10.1. The Hall–Kier alpha value is -0.886. The zero-order chi connectivity index (χ0) is 21.0. The quantitative estimate of drug-likeness (QED) is 0.452. The fourth-order valence-electron chi connectivity index (χ4n) is 3.41. The highest BCUT2D eigenvalue weighted by Gasteiger charge is 2.55. The van der Waals surface area contributed by atoms with Gasteiger partial charge in [0.1, 0.15) is 0 Å². The molecule has 154 valence electrons. The lowest BCUT2D eigenvalue weighted by Crippen LogP contribution is -2.48. The van der Waals surface area contributed by atoms with Gasteiger partial charge in [0.25, 0.3) is 28.6 Å². The van der Waals surface area contributed by atoms with Crippen LogP contribution in [0.25, 0.3) is 0 Å². The Morgan fingerprint density at radius 1 is 0.741 bits per heavy atom. The van der Waals surface area contributed by atoms with Crippen molar-refractivity contribution in [3.63, 3.8) is 0 Å². The Morgan fingerprint density at radius 3 is 1.30 bits per heavy atom. The van der Waals surface area contributed by atoms with E-state index in [1.807, 2.05) is 0 Å². The monoisotopic (exact) mass is 410 g/mol. The molecule has 2 bridgehead atoms. The second-order valence-corrected chi connectivity index (χ2v) is 20.8. The number of hydrogen-bond donors (Lipinski definition) is 0. The summed E-state index contributed by atoms with van der Waals surface area (Å²) >= 11 is 0. The molecule has 0 aliphatic heterocycles. The van der Waals surface area contributed by atoms with E-state index in [2.05, 4.69) is 79.9 Å². The van der Waals surface area contributed by atoms with Gasteiger partial charge < -0.3 is 8.85 Å². The van der Waals surface area contributed by atoms with Gasteiger partial charge in [-0.2, -0.15) is 0 Å². The fraction of sp³-hybridized carbons (Fsp3) is 0.810. The number of carbonyl (C=O) groups excluding carboxylic acids is 2. The summed E-state index contributed by atoms with van der Waals surface area (Å²) in [4.78, 5) is 26.3. The number of rotatable bonds is 4. The van der Waals surface area contributed by atoms with Crippen LogP contribution in [0.5, 0.6) is 0 Å². The van der Waals surface area contributed by atoms with Gasteiger partial charge in [0, 0.05) is 0 Å². The van der Waals surface area contributed by atoms with Crippen LogP contribution >= 0.6 is 0 Å². The molecule has 2 aliphatic rings. The van der Waals surface area contributed by atoms with Gasteiger partial charge in [-0.3, -0.25) is 9.59 Å². The van der Waals surface area contributed by atoms with Gasteiger partial charge in [0.05, 0.1) is 11.8 Å². The minimum absolute atomic E-state index is 0.0483. The molecular formula is C21H38O4Si2. The molecule has 0 aromatic carbocycles. The van der Waals surface area contributed by atoms with Crippen molar-refractivity contribution in [2.24, 2.45) is 23.7 Å². The number of allylic oxidation sites excluding steroid dienone is 2. The predicted molar refractivity (Wildman–Crippen MR) is 114 cm³/mol. The molecular weight excluding hydrogens is 372 g/mol. The lowest BCUT2D eigenvalue weighted by molar-refractivity contribution is -0.152. The lowest BCUT2D eigenvalue weighted by Gasteiger charge is -2.39. The third-order valence-corrected chi connectivity index (χ3v) is 16.0. The molecule has 4 atom stereocenters. The van der Waals surface area contributed by atoms with Crippen LogP contribution in [-0.2, 0) is 18.4 Å². The molecule has 1 saturated carbocycles. The van der Waals surface area contributed by atoms with Crippen LogP contribution in [-0.4, -0.2) is 28.6 Å². The van der Waals surface area contributed by atoms with Crippen molar-refractivity contribution in [2.45, 2.75) is 84.2 Å². The molecule has 0 spiro atoms. The maximum Gasteiger partial charge on any atom is 0.297 e. The van der Waals surface area contributed by atoms with E-state index < -0.39 is 28.5 Å². The molecule has 2 aliphatic carbocycles. The van der Waals surface area contributed by atoms with Crippen molar-refractivity contribution in [1.29, 1.82) is 0 Å². The minimum atomic E-state index is -2.22. The van der Waals surface area contributed by atoms with Crippen molar-refractivity contribution in [2.75, 3.05) is 0 Å². The number of hydrogen-bond acceptors (Lipinski definition) is 4. The number of fused-ring (bicyclic) bond motifs is 2. The fourth-order valence-corrected chi connectivity index (χ4v) is 5.30. The third-order valence-electron chi connectivity index (χ3n) is 7.33. The standard InChI is InChI=1S/C21H38O4Si2/c1-20(2,3)26(7,8)24-18(22)16-14-11-12-15(13-14)17(16)19(23)25-27(9,10)21(4,5)6/h11-12,14-17H,13H2,1-10H3. The van der Waals surface area contributed by atoms with Gasteiger partial charge in [-0.25, -0.2) is 0 Å². The second kappa shape index (κ2) is 6.87. The van der Waals surface area contributed by atoms with Crippen LogP contribution in [0.4, 0.5) is 0 Å². The van der Waals surface area contributed by atoms with Gasteiger partial charge in [-0.05, 0) is 54.5 Å². The SMILES string of the molecule is CC(C)(C)[Si](C)(C)OC(=O)C1C2C=CC(C2)C1C(=O)O[Si](C)(C)C(C)(C)C. The number of carbonyl (C=O) groups is 2. The maximum atomic E-state index is 13.2. The van der Waals surface area contributed by atoms with Gasteiger partial charge in [-0.15, -0.1) is 0 Å². The van der Waals surface area contributed by atoms with Crippen LogP contribution in [0.15, 0.2) is 12.2 Å². The van der Waals surface area contributed by atoms with Gasteiger partial charge >= 0.3 is 0 Å². The van der Waals surface area contributed by atoms with Gasteiger partial charge in [0.15, 0.2) is 0 Å². The summed E-state index contributed by atoms with van der Waals surface area (Å²) in [5.41, 5.74) is 0. The molecule has 1 fully saturated rings. The minimum Gasteiger partial charge on any atom is -0.519 e.